The standard InChI is InChI=1S/C12H9F3N8O/c13-12(14,15)8-2-3-16-9-6-7(18-23(8)9)10(24)21-4-1-5-22-11(21)17-19-20-22/h2-3,6H,1,4-5H2. The van der Waals surface area contributed by atoms with Gasteiger partial charge < -0.3 is 0 Å². The van der Waals surface area contributed by atoms with Crippen LogP contribution in [0, 0.1) is 0 Å². The van der Waals surface area contributed by atoms with E-state index in [1.807, 2.05) is 0 Å². The number of nitrogens with zero attached hydrogens (tertiary/aromatic N) is 8. The summed E-state index contributed by atoms with van der Waals surface area (Å²) in [6, 6.07) is 2.01. The summed E-state index contributed by atoms with van der Waals surface area (Å²) in [5.74, 6) is -0.336. The zero-order valence-electron chi connectivity index (χ0n) is 12.0. The number of alkyl halides is 3. The van der Waals surface area contributed by atoms with E-state index < -0.39 is 17.8 Å². The van der Waals surface area contributed by atoms with E-state index in [-0.39, 0.29) is 17.3 Å². The molecule has 24 heavy (non-hydrogen) atoms. The lowest BCUT2D eigenvalue weighted by Crippen LogP contribution is -2.38. The van der Waals surface area contributed by atoms with Crippen LogP contribution in [0.1, 0.15) is 22.6 Å². The fourth-order valence-electron chi connectivity index (χ4n) is 2.56. The van der Waals surface area contributed by atoms with Gasteiger partial charge in [-0.15, -0.1) is 0 Å². The van der Waals surface area contributed by atoms with Gasteiger partial charge in [0.2, 0.25) is 0 Å². The number of fused-ring (bicyclic) bond motifs is 2. The molecule has 3 aromatic heterocycles. The van der Waals surface area contributed by atoms with Crippen molar-refractivity contribution >= 4 is 17.5 Å². The smallest absolute Gasteiger partial charge is 0.274 e. The van der Waals surface area contributed by atoms with Crippen LogP contribution in [0.25, 0.3) is 5.65 Å². The van der Waals surface area contributed by atoms with E-state index in [0.717, 1.165) is 12.3 Å². The molecule has 0 radical (unpaired) electrons. The lowest BCUT2D eigenvalue weighted by Gasteiger charge is -2.24. The van der Waals surface area contributed by atoms with Crippen molar-refractivity contribution in [3.05, 3.63) is 29.7 Å². The maximum atomic E-state index is 13.0. The Morgan fingerprint density at radius 2 is 2.08 bits per heavy atom. The van der Waals surface area contributed by atoms with Crippen molar-refractivity contribution in [3.63, 3.8) is 0 Å². The highest BCUT2D eigenvalue weighted by atomic mass is 19.4. The lowest BCUT2D eigenvalue weighted by atomic mass is 10.3. The van der Waals surface area contributed by atoms with Crippen molar-refractivity contribution in [2.75, 3.05) is 11.4 Å². The highest BCUT2D eigenvalue weighted by molar-refractivity contribution is 6.04. The predicted molar refractivity (Wildman–Crippen MR) is 72.1 cm³/mol. The molecule has 0 N–H and O–H groups in total. The van der Waals surface area contributed by atoms with Gasteiger partial charge in [-0.2, -0.15) is 18.3 Å². The van der Waals surface area contributed by atoms with Crippen LogP contribution in [0.15, 0.2) is 18.3 Å². The molecule has 4 rings (SSSR count). The number of aromatic nitrogens is 7. The van der Waals surface area contributed by atoms with Crippen LogP contribution in [0.4, 0.5) is 19.1 Å². The Morgan fingerprint density at radius 3 is 2.88 bits per heavy atom. The summed E-state index contributed by atoms with van der Waals surface area (Å²) >= 11 is 0. The predicted octanol–water partition coefficient (Wildman–Crippen LogP) is 0.785. The van der Waals surface area contributed by atoms with Gasteiger partial charge in [0.15, 0.2) is 11.3 Å². The Kier molecular flexibility index (Phi) is 3.01. The number of aryl methyl sites for hydroxylation is 1. The molecule has 1 amide bonds. The van der Waals surface area contributed by atoms with Gasteiger partial charge in [0.05, 0.1) is 0 Å². The number of hydrogen-bond donors (Lipinski definition) is 0. The maximum Gasteiger partial charge on any atom is 0.433 e. The number of carbonyl (C=O) groups excluding carboxylic acids is 1. The molecule has 0 atom stereocenters. The molecular formula is C12H9F3N8O. The lowest BCUT2D eigenvalue weighted by molar-refractivity contribution is -0.142. The third kappa shape index (κ3) is 2.18. The minimum Gasteiger partial charge on any atom is -0.274 e. The number of halogens is 3. The minimum atomic E-state index is -4.61. The number of rotatable bonds is 1. The molecule has 0 bridgehead atoms. The van der Waals surface area contributed by atoms with E-state index in [1.165, 1.54) is 15.6 Å². The monoisotopic (exact) mass is 338 g/mol. The first-order valence-corrected chi connectivity index (χ1v) is 6.95. The van der Waals surface area contributed by atoms with Crippen LogP contribution in [0.2, 0.25) is 0 Å². The van der Waals surface area contributed by atoms with Gasteiger partial charge in [-0.1, -0.05) is 5.10 Å². The molecule has 3 aromatic rings. The second kappa shape index (κ2) is 4.97. The third-order valence-corrected chi connectivity index (χ3v) is 3.62. The molecule has 0 saturated heterocycles. The highest BCUT2D eigenvalue weighted by Gasteiger charge is 2.35. The number of tetrazole rings is 1. The Balaban J connectivity index is 1.77. The molecule has 124 valence electrons. The van der Waals surface area contributed by atoms with Crippen LogP contribution in [0.3, 0.4) is 0 Å². The first kappa shape index (κ1) is 14.5. The van der Waals surface area contributed by atoms with Gasteiger partial charge in [0, 0.05) is 25.4 Å². The van der Waals surface area contributed by atoms with Crippen molar-refractivity contribution in [2.24, 2.45) is 0 Å². The van der Waals surface area contributed by atoms with Gasteiger partial charge >= 0.3 is 6.18 Å². The summed E-state index contributed by atoms with van der Waals surface area (Å²) < 4.78 is 41.1. The fourth-order valence-corrected chi connectivity index (χ4v) is 2.56. The van der Waals surface area contributed by atoms with Gasteiger partial charge in [0.25, 0.3) is 11.9 Å². The average molecular weight is 338 g/mol. The van der Waals surface area contributed by atoms with Crippen molar-refractivity contribution in [1.82, 2.24) is 34.8 Å². The molecule has 0 unspecified atom stereocenters. The average Bonchev–Trinajstić information content (AvgIpc) is 3.18. The quantitative estimate of drug-likeness (QED) is 0.651. The van der Waals surface area contributed by atoms with Gasteiger partial charge in [-0.05, 0) is 22.9 Å². The zero-order valence-corrected chi connectivity index (χ0v) is 12.0. The third-order valence-electron chi connectivity index (χ3n) is 3.62. The summed E-state index contributed by atoms with van der Waals surface area (Å²) in [7, 11) is 0. The highest BCUT2D eigenvalue weighted by Crippen LogP contribution is 2.29. The second-order valence-corrected chi connectivity index (χ2v) is 5.14. The van der Waals surface area contributed by atoms with Gasteiger partial charge in [-0.25, -0.2) is 14.2 Å². The summed E-state index contributed by atoms with van der Waals surface area (Å²) in [6.07, 6.45) is -2.96. The maximum absolute atomic E-state index is 13.0. The van der Waals surface area contributed by atoms with Gasteiger partial charge in [-0.3, -0.25) is 9.69 Å². The van der Waals surface area contributed by atoms with E-state index in [0.29, 0.717) is 24.0 Å². The van der Waals surface area contributed by atoms with Crippen molar-refractivity contribution in [2.45, 2.75) is 19.1 Å². The fraction of sp³-hybridized carbons (Fsp3) is 0.333. The Morgan fingerprint density at radius 1 is 1.25 bits per heavy atom. The normalized spacial score (nSPS) is 14.9. The molecule has 1 aliphatic heterocycles. The van der Waals surface area contributed by atoms with E-state index in [2.05, 4.69) is 25.6 Å². The van der Waals surface area contributed by atoms with E-state index in [4.69, 9.17) is 0 Å². The molecule has 4 heterocycles. The Bertz CT molecular complexity index is 930. The van der Waals surface area contributed by atoms with Crippen LogP contribution in [-0.4, -0.2) is 47.3 Å². The van der Waals surface area contributed by atoms with E-state index in [9.17, 15) is 18.0 Å². The first-order valence-electron chi connectivity index (χ1n) is 6.95. The molecule has 0 aliphatic carbocycles. The first-order chi connectivity index (χ1) is 11.4. The Hall–Kier alpha value is -3.05. The van der Waals surface area contributed by atoms with Crippen LogP contribution >= 0.6 is 0 Å². The number of anilines is 1. The summed E-state index contributed by atoms with van der Waals surface area (Å²) in [5.41, 5.74) is -1.23. The Labute approximate surface area is 131 Å². The molecule has 12 heteroatoms. The van der Waals surface area contributed by atoms with Crippen molar-refractivity contribution < 1.29 is 18.0 Å². The number of amides is 1. The van der Waals surface area contributed by atoms with Crippen molar-refractivity contribution in [1.29, 1.82) is 0 Å². The minimum absolute atomic E-state index is 0.0650. The largest absolute Gasteiger partial charge is 0.433 e. The topological polar surface area (TPSA) is 94.1 Å². The van der Waals surface area contributed by atoms with E-state index >= 15 is 0 Å². The van der Waals surface area contributed by atoms with Crippen LogP contribution in [0.5, 0.6) is 0 Å². The molecule has 0 saturated carbocycles. The second-order valence-electron chi connectivity index (χ2n) is 5.14. The van der Waals surface area contributed by atoms with E-state index in [1.54, 1.807) is 0 Å². The molecule has 0 aromatic carbocycles. The van der Waals surface area contributed by atoms with Crippen LogP contribution < -0.4 is 4.90 Å². The molecule has 0 fully saturated rings. The summed E-state index contributed by atoms with van der Waals surface area (Å²) in [6.45, 7) is 0.920. The van der Waals surface area contributed by atoms with Crippen LogP contribution in [-0.2, 0) is 12.7 Å². The summed E-state index contributed by atoms with van der Waals surface area (Å²) in [5, 5.41) is 14.8. The summed E-state index contributed by atoms with van der Waals surface area (Å²) in [4.78, 5) is 17.7. The molecular weight excluding hydrogens is 329 g/mol. The number of carbonyl (C=O) groups is 1. The SMILES string of the molecule is O=C(c1cc2nccc(C(F)(F)F)n2n1)N1CCCn2nnnc21. The van der Waals surface area contributed by atoms with Crippen molar-refractivity contribution in [3.8, 4) is 0 Å². The molecule has 0 spiro atoms. The molecule has 1 aliphatic rings. The number of hydrogen-bond acceptors (Lipinski definition) is 6. The van der Waals surface area contributed by atoms with Gasteiger partial charge in [0.1, 0.15) is 5.69 Å². The molecule has 9 nitrogen and oxygen atoms in total. The zero-order chi connectivity index (χ0) is 16.9.